The van der Waals surface area contributed by atoms with Gasteiger partial charge in [-0.2, -0.15) is 5.10 Å². The topological polar surface area (TPSA) is 87.1 Å². The van der Waals surface area contributed by atoms with Crippen molar-refractivity contribution in [3.63, 3.8) is 0 Å². The standard InChI is InChI=1S/C14H19N5O2/c1-10-12(16-9-21-10)8-15-14(20)19-5-3-2-4-13(19)11-6-17-18-7-11/h6-7,9,13H,2-5,8H2,1H3,(H,15,20)(H,17,18). The van der Waals surface area contributed by atoms with Crippen LogP contribution in [0, 0.1) is 6.92 Å². The maximum atomic E-state index is 12.4. The normalized spacial score (nSPS) is 18.7. The summed E-state index contributed by atoms with van der Waals surface area (Å²) in [5, 5.41) is 9.72. The highest BCUT2D eigenvalue weighted by atomic mass is 16.3. The van der Waals surface area contributed by atoms with Gasteiger partial charge in [0.15, 0.2) is 6.39 Å². The number of urea groups is 1. The molecule has 0 saturated carbocycles. The third-order valence-corrected chi connectivity index (χ3v) is 3.92. The van der Waals surface area contributed by atoms with Crippen LogP contribution in [0.2, 0.25) is 0 Å². The third-order valence-electron chi connectivity index (χ3n) is 3.92. The van der Waals surface area contributed by atoms with E-state index >= 15 is 0 Å². The molecular formula is C14H19N5O2. The van der Waals surface area contributed by atoms with Gasteiger partial charge in [-0.1, -0.05) is 0 Å². The summed E-state index contributed by atoms with van der Waals surface area (Å²) >= 11 is 0. The van der Waals surface area contributed by atoms with Crippen LogP contribution in [0.25, 0.3) is 0 Å². The fraction of sp³-hybridized carbons (Fsp3) is 0.500. The van der Waals surface area contributed by atoms with Crippen molar-refractivity contribution in [2.24, 2.45) is 0 Å². The second-order valence-corrected chi connectivity index (χ2v) is 5.25. The number of likely N-dealkylation sites (tertiary alicyclic amines) is 1. The van der Waals surface area contributed by atoms with Crippen molar-refractivity contribution in [1.29, 1.82) is 0 Å². The van der Waals surface area contributed by atoms with E-state index in [1.54, 1.807) is 6.20 Å². The molecule has 112 valence electrons. The van der Waals surface area contributed by atoms with Gasteiger partial charge in [-0.05, 0) is 26.2 Å². The molecule has 0 aromatic carbocycles. The van der Waals surface area contributed by atoms with Crippen LogP contribution in [0.5, 0.6) is 0 Å². The zero-order valence-corrected chi connectivity index (χ0v) is 12.0. The molecule has 7 heteroatoms. The molecule has 3 heterocycles. The molecular weight excluding hydrogens is 270 g/mol. The smallest absolute Gasteiger partial charge is 0.318 e. The predicted octanol–water partition coefficient (Wildman–Crippen LogP) is 2.14. The molecule has 7 nitrogen and oxygen atoms in total. The summed E-state index contributed by atoms with van der Waals surface area (Å²) in [6.07, 6.45) is 8.17. The van der Waals surface area contributed by atoms with Crippen molar-refractivity contribution in [1.82, 2.24) is 25.4 Å². The number of nitrogens with one attached hydrogen (secondary N) is 2. The lowest BCUT2D eigenvalue weighted by Gasteiger charge is -2.35. The number of carbonyl (C=O) groups is 1. The zero-order valence-electron chi connectivity index (χ0n) is 12.0. The van der Waals surface area contributed by atoms with Crippen LogP contribution in [0.4, 0.5) is 4.79 Å². The van der Waals surface area contributed by atoms with Gasteiger partial charge in [0.2, 0.25) is 0 Å². The minimum atomic E-state index is -0.0664. The van der Waals surface area contributed by atoms with Crippen LogP contribution in [0.15, 0.2) is 23.2 Å². The van der Waals surface area contributed by atoms with Crippen molar-refractivity contribution in [3.05, 3.63) is 35.8 Å². The zero-order chi connectivity index (χ0) is 14.7. The maximum absolute atomic E-state index is 12.4. The number of piperidine rings is 1. The molecule has 0 bridgehead atoms. The minimum Gasteiger partial charge on any atom is -0.448 e. The summed E-state index contributed by atoms with van der Waals surface area (Å²) in [5.74, 6) is 0.736. The number of aryl methyl sites for hydroxylation is 1. The van der Waals surface area contributed by atoms with Gasteiger partial charge < -0.3 is 14.6 Å². The highest BCUT2D eigenvalue weighted by molar-refractivity contribution is 5.74. The predicted molar refractivity (Wildman–Crippen MR) is 75.4 cm³/mol. The van der Waals surface area contributed by atoms with E-state index in [1.807, 2.05) is 18.0 Å². The van der Waals surface area contributed by atoms with Gasteiger partial charge in [-0.3, -0.25) is 5.10 Å². The number of H-pyrrole nitrogens is 1. The van der Waals surface area contributed by atoms with Gasteiger partial charge in [-0.15, -0.1) is 0 Å². The Bertz CT molecular complexity index is 592. The molecule has 2 N–H and O–H groups in total. The number of hydrogen-bond donors (Lipinski definition) is 2. The number of oxazole rings is 1. The van der Waals surface area contributed by atoms with E-state index in [-0.39, 0.29) is 12.1 Å². The molecule has 1 unspecified atom stereocenters. The van der Waals surface area contributed by atoms with E-state index in [0.717, 1.165) is 42.8 Å². The molecule has 3 rings (SSSR count). The number of rotatable bonds is 3. The third kappa shape index (κ3) is 2.91. The van der Waals surface area contributed by atoms with E-state index in [4.69, 9.17) is 4.42 Å². The van der Waals surface area contributed by atoms with Crippen molar-refractivity contribution in [2.75, 3.05) is 6.54 Å². The van der Waals surface area contributed by atoms with Gasteiger partial charge in [0.25, 0.3) is 0 Å². The highest BCUT2D eigenvalue weighted by Gasteiger charge is 2.28. The van der Waals surface area contributed by atoms with Gasteiger partial charge in [0.05, 0.1) is 18.8 Å². The average molecular weight is 289 g/mol. The maximum Gasteiger partial charge on any atom is 0.318 e. The molecule has 2 amide bonds. The lowest BCUT2D eigenvalue weighted by atomic mass is 9.98. The van der Waals surface area contributed by atoms with Crippen molar-refractivity contribution in [2.45, 2.75) is 38.8 Å². The van der Waals surface area contributed by atoms with Crippen LogP contribution in [0.3, 0.4) is 0 Å². The number of aromatic nitrogens is 3. The van der Waals surface area contributed by atoms with Gasteiger partial charge in [0, 0.05) is 18.3 Å². The number of aromatic amines is 1. The second kappa shape index (κ2) is 5.99. The molecule has 1 atom stereocenters. The van der Waals surface area contributed by atoms with Crippen LogP contribution in [-0.2, 0) is 6.54 Å². The molecule has 0 spiro atoms. The molecule has 1 aliphatic rings. The summed E-state index contributed by atoms with van der Waals surface area (Å²) < 4.78 is 5.13. The van der Waals surface area contributed by atoms with Crippen LogP contribution < -0.4 is 5.32 Å². The Labute approximate surface area is 122 Å². The number of carbonyl (C=O) groups excluding carboxylic acids is 1. The highest BCUT2D eigenvalue weighted by Crippen LogP contribution is 2.30. The van der Waals surface area contributed by atoms with E-state index in [0.29, 0.717) is 6.54 Å². The monoisotopic (exact) mass is 289 g/mol. The summed E-state index contributed by atoms with van der Waals surface area (Å²) in [6, 6.07) is 0.0270. The Kier molecular flexibility index (Phi) is 3.89. The first-order chi connectivity index (χ1) is 10.3. The first-order valence-corrected chi connectivity index (χ1v) is 7.18. The lowest BCUT2D eigenvalue weighted by molar-refractivity contribution is 0.151. The van der Waals surface area contributed by atoms with Gasteiger partial charge in [0.1, 0.15) is 11.5 Å². The lowest BCUT2D eigenvalue weighted by Crippen LogP contribution is -2.44. The number of amides is 2. The first kappa shape index (κ1) is 13.7. The van der Waals surface area contributed by atoms with Crippen LogP contribution >= 0.6 is 0 Å². The SMILES string of the molecule is Cc1ocnc1CNC(=O)N1CCCCC1c1cn[nH]c1. The van der Waals surface area contributed by atoms with E-state index in [9.17, 15) is 4.79 Å². The molecule has 2 aromatic heterocycles. The fourth-order valence-electron chi connectivity index (χ4n) is 2.72. The Morgan fingerprint density at radius 1 is 1.57 bits per heavy atom. The Morgan fingerprint density at radius 3 is 3.19 bits per heavy atom. The molecule has 1 fully saturated rings. The fourth-order valence-corrected chi connectivity index (χ4v) is 2.72. The van der Waals surface area contributed by atoms with Crippen molar-refractivity contribution >= 4 is 6.03 Å². The Morgan fingerprint density at radius 2 is 2.48 bits per heavy atom. The van der Waals surface area contributed by atoms with E-state index in [1.165, 1.54) is 6.39 Å². The first-order valence-electron chi connectivity index (χ1n) is 7.18. The van der Waals surface area contributed by atoms with Crippen LogP contribution in [0.1, 0.15) is 42.3 Å². The Hall–Kier alpha value is -2.31. The van der Waals surface area contributed by atoms with E-state index in [2.05, 4.69) is 20.5 Å². The van der Waals surface area contributed by atoms with Crippen molar-refractivity contribution in [3.8, 4) is 0 Å². The largest absolute Gasteiger partial charge is 0.448 e. The molecule has 1 aliphatic heterocycles. The quantitative estimate of drug-likeness (QED) is 0.906. The summed E-state index contributed by atoms with van der Waals surface area (Å²) in [7, 11) is 0. The molecule has 1 saturated heterocycles. The Balaban J connectivity index is 1.65. The number of nitrogens with zero attached hydrogens (tertiary/aromatic N) is 3. The summed E-state index contributed by atoms with van der Waals surface area (Å²) in [6.45, 7) is 2.99. The van der Waals surface area contributed by atoms with Gasteiger partial charge >= 0.3 is 6.03 Å². The minimum absolute atomic E-state index is 0.0664. The molecule has 0 aliphatic carbocycles. The van der Waals surface area contributed by atoms with Crippen LogP contribution in [-0.4, -0.2) is 32.7 Å². The van der Waals surface area contributed by atoms with E-state index < -0.39 is 0 Å². The average Bonchev–Trinajstić information content (AvgIpc) is 3.16. The molecule has 21 heavy (non-hydrogen) atoms. The summed E-state index contributed by atoms with van der Waals surface area (Å²) in [5.41, 5.74) is 1.82. The second-order valence-electron chi connectivity index (χ2n) is 5.25. The molecule has 0 radical (unpaired) electrons. The van der Waals surface area contributed by atoms with Gasteiger partial charge in [-0.25, -0.2) is 9.78 Å². The summed E-state index contributed by atoms with van der Waals surface area (Å²) in [4.78, 5) is 18.4. The number of hydrogen-bond acceptors (Lipinski definition) is 4. The molecule has 2 aromatic rings. The van der Waals surface area contributed by atoms with Crippen molar-refractivity contribution < 1.29 is 9.21 Å².